The molecule has 13 heavy (non-hydrogen) atoms. The average Bonchev–Trinajstić information content (AvgIpc) is 2.03. The van der Waals surface area contributed by atoms with Crippen molar-refractivity contribution >= 4 is 11.6 Å². The van der Waals surface area contributed by atoms with Crippen molar-refractivity contribution in [2.45, 2.75) is 44.3 Å². The van der Waals surface area contributed by atoms with Gasteiger partial charge in [0.15, 0.2) is 0 Å². The Kier molecular flexibility index (Phi) is 2.77. The summed E-state index contributed by atoms with van der Waals surface area (Å²) in [6.45, 7) is 5.57. The number of aliphatic hydroxyl groups is 2. The SMILES string of the molecule is CC1(O)C=CC(Cl)C(C)(C)CC1O. The smallest absolute Gasteiger partial charge is 0.106 e. The van der Waals surface area contributed by atoms with Crippen LogP contribution in [0.25, 0.3) is 0 Å². The predicted octanol–water partition coefficient (Wildman–Crippen LogP) is 1.69. The van der Waals surface area contributed by atoms with Gasteiger partial charge in [0, 0.05) is 0 Å². The lowest BCUT2D eigenvalue weighted by Gasteiger charge is -2.31. The maximum atomic E-state index is 9.78. The van der Waals surface area contributed by atoms with Crippen molar-refractivity contribution in [3.05, 3.63) is 12.2 Å². The van der Waals surface area contributed by atoms with E-state index in [0.29, 0.717) is 6.42 Å². The van der Waals surface area contributed by atoms with Crippen LogP contribution in [0.5, 0.6) is 0 Å². The number of aliphatic hydroxyl groups excluding tert-OH is 1. The van der Waals surface area contributed by atoms with Gasteiger partial charge in [-0.05, 0) is 18.8 Å². The van der Waals surface area contributed by atoms with Crippen LogP contribution in [-0.4, -0.2) is 27.3 Å². The van der Waals surface area contributed by atoms with Gasteiger partial charge in [0.2, 0.25) is 0 Å². The maximum Gasteiger partial charge on any atom is 0.106 e. The molecule has 0 radical (unpaired) electrons. The molecule has 1 aliphatic rings. The lowest BCUT2D eigenvalue weighted by Crippen LogP contribution is -2.39. The molecule has 0 aliphatic heterocycles. The van der Waals surface area contributed by atoms with E-state index in [2.05, 4.69) is 0 Å². The fraction of sp³-hybridized carbons (Fsp3) is 0.800. The van der Waals surface area contributed by atoms with E-state index in [-0.39, 0.29) is 10.8 Å². The number of hydrogen-bond acceptors (Lipinski definition) is 2. The van der Waals surface area contributed by atoms with E-state index in [1.807, 2.05) is 13.8 Å². The molecule has 2 N–H and O–H groups in total. The summed E-state index contributed by atoms with van der Waals surface area (Å²) in [4.78, 5) is 0. The molecule has 0 saturated heterocycles. The molecule has 0 saturated carbocycles. The van der Waals surface area contributed by atoms with Crippen molar-refractivity contribution in [3.63, 3.8) is 0 Å². The summed E-state index contributed by atoms with van der Waals surface area (Å²) < 4.78 is 0. The van der Waals surface area contributed by atoms with Gasteiger partial charge < -0.3 is 10.2 Å². The van der Waals surface area contributed by atoms with Crippen molar-refractivity contribution in [2.75, 3.05) is 0 Å². The second kappa shape index (κ2) is 3.26. The number of allylic oxidation sites excluding steroid dienone is 1. The zero-order valence-electron chi connectivity index (χ0n) is 8.29. The largest absolute Gasteiger partial charge is 0.390 e. The van der Waals surface area contributed by atoms with Crippen LogP contribution < -0.4 is 0 Å². The van der Waals surface area contributed by atoms with Gasteiger partial charge in [0.05, 0.1) is 11.5 Å². The van der Waals surface area contributed by atoms with Crippen LogP contribution in [0.1, 0.15) is 27.2 Å². The molecule has 76 valence electrons. The molecule has 2 nitrogen and oxygen atoms in total. The molecule has 0 bridgehead atoms. The quantitative estimate of drug-likeness (QED) is 0.466. The third kappa shape index (κ3) is 2.25. The Balaban J connectivity index is 2.93. The molecule has 0 aromatic carbocycles. The Morgan fingerprint density at radius 2 is 1.92 bits per heavy atom. The minimum absolute atomic E-state index is 0.142. The van der Waals surface area contributed by atoms with E-state index in [4.69, 9.17) is 11.6 Å². The highest BCUT2D eigenvalue weighted by Gasteiger charge is 2.39. The maximum absolute atomic E-state index is 9.78. The average molecular weight is 205 g/mol. The molecule has 3 heteroatoms. The molecule has 0 spiro atoms. The fourth-order valence-corrected chi connectivity index (χ4v) is 1.63. The molecular weight excluding hydrogens is 188 g/mol. The number of halogens is 1. The van der Waals surface area contributed by atoms with Crippen molar-refractivity contribution in [1.82, 2.24) is 0 Å². The highest BCUT2D eigenvalue weighted by molar-refractivity contribution is 6.22. The first-order chi connectivity index (χ1) is 5.76. The summed E-state index contributed by atoms with van der Waals surface area (Å²) in [7, 11) is 0. The zero-order chi connectivity index (χ0) is 10.3. The van der Waals surface area contributed by atoms with Gasteiger partial charge in [-0.25, -0.2) is 0 Å². The lowest BCUT2D eigenvalue weighted by atomic mass is 9.82. The van der Waals surface area contributed by atoms with Gasteiger partial charge in [-0.1, -0.05) is 26.0 Å². The summed E-state index contributed by atoms with van der Waals surface area (Å²) in [6.07, 6.45) is 3.10. The van der Waals surface area contributed by atoms with Gasteiger partial charge in [-0.15, -0.1) is 11.6 Å². The van der Waals surface area contributed by atoms with Gasteiger partial charge in [-0.3, -0.25) is 0 Å². The third-order valence-electron chi connectivity index (χ3n) is 2.74. The molecule has 0 heterocycles. The monoisotopic (exact) mass is 204 g/mol. The number of alkyl halides is 1. The summed E-state index contributed by atoms with van der Waals surface area (Å²) >= 11 is 6.10. The molecule has 0 aromatic rings. The third-order valence-corrected chi connectivity index (χ3v) is 3.48. The summed E-state index contributed by atoms with van der Waals surface area (Å²) in [5.74, 6) is 0. The number of rotatable bonds is 0. The van der Waals surface area contributed by atoms with Crippen molar-refractivity contribution in [3.8, 4) is 0 Å². The highest BCUT2D eigenvalue weighted by Crippen LogP contribution is 2.37. The van der Waals surface area contributed by atoms with Crippen LogP contribution in [0, 0.1) is 5.41 Å². The summed E-state index contributed by atoms with van der Waals surface area (Å²) in [5, 5.41) is 19.3. The Bertz CT molecular complexity index is 221. The van der Waals surface area contributed by atoms with Crippen LogP contribution >= 0.6 is 11.6 Å². The van der Waals surface area contributed by atoms with Gasteiger partial charge in [0.1, 0.15) is 5.60 Å². The number of hydrogen-bond donors (Lipinski definition) is 2. The van der Waals surface area contributed by atoms with Crippen LogP contribution in [0.15, 0.2) is 12.2 Å². The summed E-state index contributed by atoms with van der Waals surface area (Å²) in [5.41, 5.74) is -1.33. The molecule has 3 unspecified atom stereocenters. The van der Waals surface area contributed by atoms with E-state index in [1.165, 1.54) is 0 Å². The lowest BCUT2D eigenvalue weighted by molar-refractivity contribution is -0.0419. The molecular formula is C10H17ClO2. The van der Waals surface area contributed by atoms with E-state index in [1.54, 1.807) is 19.1 Å². The van der Waals surface area contributed by atoms with Crippen molar-refractivity contribution in [1.29, 1.82) is 0 Å². The zero-order valence-corrected chi connectivity index (χ0v) is 9.04. The van der Waals surface area contributed by atoms with Crippen molar-refractivity contribution in [2.24, 2.45) is 5.41 Å². The van der Waals surface area contributed by atoms with Crippen LogP contribution in [0.2, 0.25) is 0 Å². The molecule has 3 atom stereocenters. The van der Waals surface area contributed by atoms with E-state index < -0.39 is 11.7 Å². The van der Waals surface area contributed by atoms with Gasteiger partial charge >= 0.3 is 0 Å². The standard InChI is InChI=1S/C10H17ClO2/c1-9(2)6-8(12)10(3,13)5-4-7(9)11/h4-5,7-8,12-13H,6H2,1-3H3. The Morgan fingerprint density at radius 3 is 2.46 bits per heavy atom. The van der Waals surface area contributed by atoms with Crippen LogP contribution in [0.3, 0.4) is 0 Å². The van der Waals surface area contributed by atoms with Gasteiger partial charge in [-0.2, -0.15) is 0 Å². The topological polar surface area (TPSA) is 40.5 Å². The van der Waals surface area contributed by atoms with E-state index in [9.17, 15) is 10.2 Å². The second-order valence-electron chi connectivity index (χ2n) is 4.70. The van der Waals surface area contributed by atoms with Crippen molar-refractivity contribution < 1.29 is 10.2 Å². The fourth-order valence-electron chi connectivity index (χ4n) is 1.47. The van der Waals surface area contributed by atoms with Crippen LogP contribution in [0.4, 0.5) is 0 Å². The Morgan fingerprint density at radius 1 is 1.38 bits per heavy atom. The van der Waals surface area contributed by atoms with Gasteiger partial charge in [0.25, 0.3) is 0 Å². The Hall–Kier alpha value is -0.0500. The molecule has 0 aromatic heterocycles. The van der Waals surface area contributed by atoms with E-state index in [0.717, 1.165) is 0 Å². The first-order valence-electron chi connectivity index (χ1n) is 4.49. The molecule has 0 amide bonds. The normalized spacial score (nSPS) is 44.5. The predicted molar refractivity (Wildman–Crippen MR) is 53.8 cm³/mol. The first kappa shape index (κ1) is 11.0. The highest BCUT2D eigenvalue weighted by atomic mass is 35.5. The van der Waals surface area contributed by atoms with Crippen LogP contribution in [-0.2, 0) is 0 Å². The minimum Gasteiger partial charge on any atom is -0.390 e. The Labute approximate surface area is 84.2 Å². The second-order valence-corrected chi connectivity index (χ2v) is 5.17. The molecule has 1 aliphatic carbocycles. The minimum atomic E-state index is -1.15. The molecule has 0 fully saturated rings. The first-order valence-corrected chi connectivity index (χ1v) is 4.93. The molecule has 1 rings (SSSR count). The van der Waals surface area contributed by atoms with E-state index >= 15 is 0 Å². The summed E-state index contributed by atoms with van der Waals surface area (Å²) in [6, 6.07) is 0.